The number of hydrogen-bond acceptors (Lipinski definition) is 5. The Kier molecular flexibility index (Phi) is 5.37. The van der Waals surface area contributed by atoms with E-state index in [-0.39, 0.29) is 10.5 Å². The molecule has 1 aliphatic rings. The second-order valence-corrected chi connectivity index (χ2v) is 8.67. The number of nitrogens with zero attached hydrogens (tertiary/aromatic N) is 3. The molecule has 0 bridgehead atoms. The van der Waals surface area contributed by atoms with E-state index in [2.05, 4.69) is 15.3 Å². The molecule has 1 aliphatic heterocycles. The first-order valence-corrected chi connectivity index (χ1v) is 10.8. The maximum absolute atomic E-state index is 12.9. The highest BCUT2D eigenvalue weighted by atomic mass is 32.2. The molecule has 1 amide bonds. The number of aromatic nitrogens is 2. The summed E-state index contributed by atoms with van der Waals surface area (Å²) in [4.78, 5) is 20.9. The zero-order chi connectivity index (χ0) is 20.3. The monoisotopic (exact) mass is 408 g/mol. The molecule has 2 heterocycles. The Morgan fingerprint density at radius 2 is 1.55 bits per heavy atom. The first-order valence-electron chi connectivity index (χ1n) is 9.32. The van der Waals surface area contributed by atoms with Crippen LogP contribution in [0.3, 0.4) is 0 Å². The highest BCUT2D eigenvalue weighted by molar-refractivity contribution is 7.89. The standard InChI is InChI=1S/C21H20N4O3S/c26-21(24-18-9-7-16(8-10-18)17-13-22-15-23-14-17)19-5-1-2-6-20(19)29(27,28)25-11-3-4-12-25/h1-2,5-10,13-15H,3-4,11-12H2,(H,24,26). The number of hydrogen-bond donors (Lipinski definition) is 1. The minimum atomic E-state index is -3.69. The van der Waals surface area contributed by atoms with Crippen molar-refractivity contribution in [1.82, 2.24) is 14.3 Å². The van der Waals surface area contributed by atoms with Gasteiger partial charge in [-0.2, -0.15) is 4.31 Å². The predicted molar refractivity (Wildman–Crippen MR) is 110 cm³/mol. The second-order valence-electron chi connectivity index (χ2n) is 6.77. The van der Waals surface area contributed by atoms with Gasteiger partial charge in [-0.25, -0.2) is 18.4 Å². The van der Waals surface area contributed by atoms with Gasteiger partial charge in [0, 0.05) is 36.7 Å². The van der Waals surface area contributed by atoms with E-state index in [1.54, 1.807) is 36.7 Å². The van der Waals surface area contributed by atoms with E-state index in [1.807, 2.05) is 12.1 Å². The fraction of sp³-hybridized carbons (Fsp3) is 0.190. The minimum Gasteiger partial charge on any atom is -0.322 e. The van der Waals surface area contributed by atoms with Crippen LogP contribution in [0, 0.1) is 0 Å². The summed E-state index contributed by atoms with van der Waals surface area (Å²) in [5, 5.41) is 2.79. The summed E-state index contributed by atoms with van der Waals surface area (Å²) in [5.41, 5.74) is 2.50. The van der Waals surface area contributed by atoms with E-state index in [1.165, 1.54) is 22.8 Å². The van der Waals surface area contributed by atoms with Gasteiger partial charge < -0.3 is 5.32 Å². The molecule has 0 unspecified atom stereocenters. The minimum absolute atomic E-state index is 0.0393. The van der Waals surface area contributed by atoms with E-state index in [0.717, 1.165) is 24.0 Å². The summed E-state index contributed by atoms with van der Waals surface area (Å²) in [6.45, 7) is 0.978. The van der Waals surface area contributed by atoms with Gasteiger partial charge in [-0.1, -0.05) is 24.3 Å². The van der Waals surface area contributed by atoms with Crippen LogP contribution in [0.1, 0.15) is 23.2 Å². The smallest absolute Gasteiger partial charge is 0.257 e. The predicted octanol–water partition coefficient (Wildman–Crippen LogP) is 3.18. The van der Waals surface area contributed by atoms with Crippen LogP contribution >= 0.6 is 0 Å². The lowest BCUT2D eigenvalue weighted by molar-refractivity contribution is 0.102. The Balaban J connectivity index is 1.56. The van der Waals surface area contributed by atoms with Crippen molar-refractivity contribution < 1.29 is 13.2 Å². The number of amides is 1. The molecular formula is C21H20N4O3S. The van der Waals surface area contributed by atoms with Crippen LogP contribution < -0.4 is 5.32 Å². The molecule has 4 rings (SSSR count). The summed E-state index contributed by atoms with van der Waals surface area (Å²) in [6, 6.07) is 13.5. The molecule has 29 heavy (non-hydrogen) atoms. The average Bonchev–Trinajstić information content (AvgIpc) is 3.31. The third-order valence-corrected chi connectivity index (χ3v) is 6.81. The number of benzene rings is 2. The lowest BCUT2D eigenvalue weighted by Crippen LogP contribution is -2.30. The van der Waals surface area contributed by atoms with Crippen molar-refractivity contribution in [3.05, 3.63) is 72.8 Å². The van der Waals surface area contributed by atoms with E-state index >= 15 is 0 Å². The summed E-state index contributed by atoms with van der Waals surface area (Å²) in [7, 11) is -3.69. The maximum Gasteiger partial charge on any atom is 0.257 e. The first kappa shape index (κ1) is 19.2. The Bertz CT molecular complexity index is 1110. The Hall–Kier alpha value is -3.10. The molecular weight excluding hydrogens is 388 g/mol. The normalized spacial score (nSPS) is 14.6. The molecule has 0 radical (unpaired) electrons. The third-order valence-electron chi connectivity index (χ3n) is 4.85. The van der Waals surface area contributed by atoms with E-state index in [9.17, 15) is 13.2 Å². The summed E-state index contributed by atoms with van der Waals surface area (Å²) >= 11 is 0. The molecule has 148 valence electrons. The molecule has 1 aromatic heterocycles. The number of carbonyl (C=O) groups excluding carboxylic acids is 1. The van der Waals surface area contributed by atoms with E-state index in [4.69, 9.17) is 0 Å². The van der Waals surface area contributed by atoms with Crippen molar-refractivity contribution in [2.24, 2.45) is 0 Å². The zero-order valence-electron chi connectivity index (χ0n) is 15.7. The highest BCUT2D eigenvalue weighted by Gasteiger charge is 2.30. The van der Waals surface area contributed by atoms with Gasteiger partial charge in [0.15, 0.2) is 0 Å². The SMILES string of the molecule is O=C(Nc1ccc(-c2cncnc2)cc1)c1ccccc1S(=O)(=O)N1CCCC1. The second kappa shape index (κ2) is 8.10. The number of anilines is 1. The van der Waals surface area contributed by atoms with Crippen molar-refractivity contribution in [3.8, 4) is 11.1 Å². The average molecular weight is 408 g/mol. The zero-order valence-corrected chi connectivity index (χ0v) is 16.5. The number of rotatable bonds is 5. The van der Waals surface area contributed by atoms with Gasteiger partial charge >= 0.3 is 0 Å². The molecule has 3 aromatic rings. The molecule has 0 spiro atoms. The van der Waals surface area contributed by atoms with Crippen molar-refractivity contribution in [3.63, 3.8) is 0 Å². The molecule has 8 heteroatoms. The fourth-order valence-corrected chi connectivity index (χ4v) is 5.05. The first-order chi connectivity index (χ1) is 14.1. The fourth-order valence-electron chi connectivity index (χ4n) is 3.34. The quantitative estimate of drug-likeness (QED) is 0.700. The highest BCUT2D eigenvalue weighted by Crippen LogP contribution is 2.25. The van der Waals surface area contributed by atoms with Crippen LogP contribution in [0.15, 0.2) is 72.1 Å². The summed E-state index contributed by atoms with van der Waals surface area (Å²) in [6.07, 6.45) is 6.56. The van der Waals surface area contributed by atoms with Gasteiger partial charge in [0.05, 0.1) is 10.5 Å². The lowest BCUT2D eigenvalue weighted by atomic mass is 10.1. The molecule has 7 nitrogen and oxygen atoms in total. The van der Waals surface area contributed by atoms with E-state index < -0.39 is 15.9 Å². The van der Waals surface area contributed by atoms with Crippen LogP contribution in [-0.4, -0.2) is 41.7 Å². The number of sulfonamides is 1. The van der Waals surface area contributed by atoms with Crippen LogP contribution in [0.5, 0.6) is 0 Å². The Labute approximate surface area is 169 Å². The van der Waals surface area contributed by atoms with Gasteiger partial charge in [-0.3, -0.25) is 4.79 Å². The third kappa shape index (κ3) is 4.03. The van der Waals surface area contributed by atoms with Crippen molar-refractivity contribution in [1.29, 1.82) is 0 Å². The molecule has 2 aromatic carbocycles. The van der Waals surface area contributed by atoms with Crippen LogP contribution in [-0.2, 0) is 10.0 Å². The van der Waals surface area contributed by atoms with Gasteiger partial charge in [-0.05, 0) is 42.7 Å². The van der Waals surface area contributed by atoms with Crippen LogP contribution in [0.25, 0.3) is 11.1 Å². The molecule has 1 fully saturated rings. The summed E-state index contributed by atoms with van der Waals surface area (Å²) in [5.74, 6) is -0.459. The lowest BCUT2D eigenvalue weighted by Gasteiger charge is -2.18. The Morgan fingerprint density at radius 3 is 2.24 bits per heavy atom. The van der Waals surface area contributed by atoms with Crippen molar-refractivity contribution in [2.45, 2.75) is 17.7 Å². The molecule has 1 saturated heterocycles. The van der Waals surface area contributed by atoms with E-state index in [0.29, 0.717) is 18.8 Å². The van der Waals surface area contributed by atoms with Crippen molar-refractivity contribution >= 4 is 21.6 Å². The molecule has 0 aliphatic carbocycles. The van der Waals surface area contributed by atoms with Gasteiger partial charge in [0.25, 0.3) is 5.91 Å². The topological polar surface area (TPSA) is 92.3 Å². The largest absolute Gasteiger partial charge is 0.322 e. The van der Waals surface area contributed by atoms with Gasteiger partial charge in [-0.15, -0.1) is 0 Å². The number of nitrogens with one attached hydrogen (secondary N) is 1. The molecule has 1 N–H and O–H groups in total. The molecule has 0 atom stereocenters. The van der Waals surface area contributed by atoms with Crippen molar-refractivity contribution in [2.75, 3.05) is 18.4 Å². The van der Waals surface area contributed by atoms with Gasteiger partial charge in [0.2, 0.25) is 10.0 Å². The van der Waals surface area contributed by atoms with Crippen LogP contribution in [0.4, 0.5) is 5.69 Å². The number of carbonyl (C=O) groups is 1. The maximum atomic E-state index is 12.9. The molecule has 0 saturated carbocycles. The van der Waals surface area contributed by atoms with Crippen LogP contribution in [0.2, 0.25) is 0 Å². The summed E-state index contributed by atoms with van der Waals surface area (Å²) < 4.78 is 27.3. The Morgan fingerprint density at radius 1 is 0.897 bits per heavy atom. The van der Waals surface area contributed by atoms with Gasteiger partial charge in [0.1, 0.15) is 6.33 Å².